The molecule has 18 heavy (non-hydrogen) atoms. The van der Waals surface area contributed by atoms with E-state index in [2.05, 4.69) is 32.7 Å². The molecule has 1 unspecified atom stereocenters. The van der Waals surface area contributed by atoms with Gasteiger partial charge < -0.3 is 4.57 Å². The lowest BCUT2D eigenvalue weighted by Crippen LogP contribution is -2.22. The normalized spacial score (nSPS) is 14.1. The van der Waals surface area contributed by atoms with Crippen molar-refractivity contribution in [1.82, 2.24) is 9.55 Å². The van der Waals surface area contributed by atoms with Gasteiger partial charge in [0.2, 0.25) is 0 Å². The highest BCUT2D eigenvalue weighted by molar-refractivity contribution is 6.16. The Labute approximate surface area is 112 Å². The Balaban J connectivity index is 2.72. The van der Waals surface area contributed by atoms with Gasteiger partial charge in [0.05, 0.1) is 11.4 Å². The van der Waals surface area contributed by atoms with Crippen LogP contribution in [0, 0.1) is 11.2 Å². The van der Waals surface area contributed by atoms with Crippen molar-refractivity contribution in [1.29, 1.82) is 0 Å². The molecule has 1 atom stereocenters. The molecule has 0 fully saturated rings. The zero-order valence-corrected chi connectivity index (χ0v) is 11.9. The molecule has 1 heterocycles. The molecule has 0 amide bonds. The monoisotopic (exact) mass is 268 g/mol. The maximum Gasteiger partial charge on any atom is 0.151 e. The fourth-order valence-corrected chi connectivity index (χ4v) is 2.23. The fraction of sp³-hybridized carbons (Fsp3) is 0.500. The van der Waals surface area contributed by atoms with Gasteiger partial charge in [0.25, 0.3) is 0 Å². The van der Waals surface area contributed by atoms with Crippen molar-refractivity contribution in [3.05, 3.63) is 29.8 Å². The lowest BCUT2D eigenvalue weighted by molar-refractivity contribution is 0.264. The summed E-state index contributed by atoms with van der Waals surface area (Å²) in [7, 11) is 0. The first-order valence-electron chi connectivity index (χ1n) is 6.07. The van der Waals surface area contributed by atoms with Crippen LogP contribution < -0.4 is 0 Å². The van der Waals surface area contributed by atoms with E-state index in [9.17, 15) is 4.39 Å². The van der Waals surface area contributed by atoms with Crippen LogP contribution >= 0.6 is 11.6 Å². The van der Waals surface area contributed by atoms with Gasteiger partial charge in [-0.3, -0.25) is 0 Å². The number of imidazole rings is 1. The highest BCUT2D eigenvalue weighted by atomic mass is 35.5. The Bertz CT molecular complexity index is 569. The van der Waals surface area contributed by atoms with Crippen LogP contribution in [0.4, 0.5) is 4.39 Å². The van der Waals surface area contributed by atoms with Gasteiger partial charge in [-0.15, -0.1) is 11.6 Å². The number of benzene rings is 1. The Morgan fingerprint density at radius 2 is 2.06 bits per heavy atom. The van der Waals surface area contributed by atoms with E-state index in [1.807, 2.05) is 10.6 Å². The first kappa shape index (κ1) is 13.3. The Hall–Kier alpha value is -1.09. The quantitative estimate of drug-likeness (QED) is 0.732. The molecule has 0 saturated heterocycles. The lowest BCUT2D eigenvalue weighted by Gasteiger charge is -2.30. The number of aromatic nitrogens is 2. The molecule has 4 heteroatoms. The van der Waals surface area contributed by atoms with Crippen molar-refractivity contribution >= 4 is 22.6 Å². The van der Waals surface area contributed by atoms with Gasteiger partial charge in [-0.1, -0.05) is 26.8 Å². The Morgan fingerprint density at radius 3 is 2.61 bits per heavy atom. The molecule has 0 saturated carbocycles. The number of nitrogens with zero attached hydrogens (tertiary/aromatic N) is 2. The summed E-state index contributed by atoms with van der Waals surface area (Å²) in [6.45, 7) is 8.57. The summed E-state index contributed by atoms with van der Waals surface area (Å²) in [5, 5.41) is 0. The number of hydrogen-bond donors (Lipinski definition) is 0. The average molecular weight is 269 g/mol. The van der Waals surface area contributed by atoms with Gasteiger partial charge in [-0.25, -0.2) is 9.37 Å². The number of alkyl halides is 1. The molecule has 0 aliphatic heterocycles. The largest absolute Gasteiger partial charge is 0.324 e. The summed E-state index contributed by atoms with van der Waals surface area (Å²) in [6.07, 6.45) is 0. The summed E-state index contributed by atoms with van der Waals surface area (Å²) in [5.41, 5.74) is 1.28. The number of rotatable bonds is 2. The highest BCUT2D eigenvalue weighted by Crippen LogP contribution is 2.34. The summed E-state index contributed by atoms with van der Waals surface area (Å²) in [5.74, 6) is 0.715. The lowest BCUT2D eigenvalue weighted by atomic mass is 9.87. The summed E-state index contributed by atoms with van der Waals surface area (Å²) in [4.78, 5) is 4.32. The summed E-state index contributed by atoms with van der Waals surface area (Å²) >= 11 is 5.94. The van der Waals surface area contributed by atoms with Gasteiger partial charge in [0, 0.05) is 6.04 Å². The molecule has 0 radical (unpaired) electrons. The third kappa shape index (κ3) is 2.12. The van der Waals surface area contributed by atoms with Crippen LogP contribution in [-0.4, -0.2) is 9.55 Å². The minimum Gasteiger partial charge on any atom is -0.324 e. The van der Waals surface area contributed by atoms with Gasteiger partial charge in [-0.05, 0) is 24.5 Å². The number of para-hydroxylation sites is 1. The third-order valence-corrected chi connectivity index (χ3v) is 3.74. The third-order valence-electron chi connectivity index (χ3n) is 3.50. The minimum absolute atomic E-state index is 0.0563. The molecule has 2 rings (SSSR count). The van der Waals surface area contributed by atoms with E-state index < -0.39 is 0 Å². The van der Waals surface area contributed by atoms with Crippen molar-refractivity contribution in [2.24, 2.45) is 5.41 Å². The smallest absolute Gasteiger partial charge is 0.151 e. The fourth-order valence-electron chi connectivity index (χ4n) is 2.04. The predicted octanol–water partition coefficient (Wildman–Crippen LogP) is 4.52. The molecule has 98 valence electrons. The Kier molecular flexibility index (Phi) is 3.37. The molecule has 0 spiro atoms. The van der Waals surface area contributed by atoms with Gasteiger partial charge in [0.15, 0.2) is 5.82 Å². The van der Waals surface area contributed by atoms with Crippen LogP contribution in [0.1, 0.15) is 39.6 Å². The molecule has 1 aromatic heterocycles. The van der Waals surface area contributed by atoms with Crippen molar-refractivity contribution in [3.63, 3.8) is 0 Å². The first-order chi connectivity index (χ1) is 8.36. The molecule has 1 aromatic carbocycles. The summed E-state index contributed by atoms with van der Waals surface area (Å²) in [6, 6.07) is 5.23. The van der Waals surface area contributed by atoms with Crippen LogP contribution in [0.3, 0.4) is 0 Å². The van der Waals surface area contributed by atoms with Crippen LogP contribution in [0.5, 0.6) is 0 Å². The molecule has 0 aliphatic rings. The van der Waals surface area contributed by atoms with E-state index in [1.165, 1.54) is 6.07 Å². The van der Waals surface area contributed by atoms with Crippen LogP contribution in [0.2, 0.25) is 0 Å². The van der Waals surface area contributed by atoms with Gasteiger partial charge in [-0.2, -0.15) is 0 Å². The van der Waals surface area contributed by atoms with E-state index in [0.29, 0.717) is 5.52 Å². The van der Waals surface area contributed by atoms with E-state index in [0.717, 1.165) is 11.3 Å². The van der Waals surface area contributed by atoms with E-state index in [-0.39, 0.29) is 23.2 Å². The Morgan fingerprint density at radius 1 is 1.39 bits per heavy atom. The summed E-state index contributed by atoms with van der Waals surface area (Å²) < 4.78 is 15.8. The zero-order valence-electron chi connectivity index (χ0n) is 11.2. The van der Waals surface area contributed by atoms with Gasteiger partial charge in [0.1, 0.15) is 11.3 Å². The molecule has 2 aromatic rings. The maximum absolute atomic E-state index is 13.8. The molecule has 2 nitrogen and oxygen atoms in total. The average Bonchev–Trinajstić information content (AvgIpc) is 2.66. The maximum atomic E-state index is 13.8. The topological polar surface area (TPSA) is 17.8 Å². The minimum atomic E-state index is -0.293. The second-order valence-electron chi connectivity index (χ2n) is 5.68. The van der Waals surface area contributed by atoms with Crippen LogP contribution in [0.25, 0.3) is 11.0 Å². The van der Waals surface area contributed by atoms with E-state index in [4.69, 9.17) is 11.6 Å². The SMILES string of the molecule is CC(n1c(CCl)nc2c(F)cccc21)C(C)(C)C. The molecule has 0 aliphatic carbocycles. The van der Waals surface area contributed by atoms with Crippen molar-refractivity contribution in [2.75, 3.05) is 0 Å². The highest BCUT2D eigenvalue weighted by Gasteiger charge is 2.26. The van der Waals surface area contributed by atoms with Crippen molar-refractivity contribution in [2.45, 2.75) is 39.6 Å². The van der Waals surface area contributed by atoms with Gasteiger partial charge >= 0.3 is 0 Å². The molecular formula is C14H18ClFN2. The van der Waals surface area contributed by atoms with Crippen LogP contribution in [-0.2, 0) is 5.88 Å². The number of hydrogen-bond acceptors (Lipinski definition) is 1. The molecule has 0 N–H and O–H groups in total. The zero-order chi connectivity index (χ0) is 13.5. The van der Waals surface area contributed by atoms with Crippen molar-refractivity contribution in [3.8, 4) is 0 Å². The number of fused-ring (bicyclic) bond motifs is 1. The molecular weight excluding hydrogens is 251 g/mol. The van der Waals surface area contributed by atoms with E-state index in [1.54, 1.807) is 6.07 Å². The second-order valence-corrected chi connectivity index (χ2v) is 5.95. The standard InChI is InChI=1S/C14H18ClFN2/c1-9(14(2,3)4)18-11-7-5-6-10(16)13(11)17-12(18)8-15/h5-7,9H,8H2,1-4H3. The molecule has 0 bridgehead atoms. The van der Waals surface area contributed by atoms with Crippen molar-refractivity contribution < 1.29 is 4.39 Å². The van der Waals surface area contributed by atoms with Crippen LogP contribution in [0.15, 0.2) is 18.2 Å². The first-order valence-corrected chi connectivity index (χ1v) is 6.61. The predicted molar refractivity (Wildman–Crippen MR) is 73.4 cm³/mol. The van der Waals surface area contributed by atoms with E-state index >= 15 is 0 Å². The number of halogens is 2. The second kappa shape index (κ2) is 4.54.